The molecule has 21 heavy (non-hydrogen) atoms. The maximum absolute atomic E-state index is 5.15. The third-order valence-electron chi connectivity index (χ3n) is 3.02. The Kier molecular flexibility index (Phi) is 5.68. The third kappa shape index (κ3) is 4.53. The van der Waals surface area contributed by atoms with Gasteiger partial charge in [-0.15, -0.1) is 0 Å². The lowest BCUT2D eigenvalue weighted by Gasteiger charge is -2.09. The monoisotopic (exact) mass is 304 g/mol. The first-order valence-electron chi connectivity index (χ1n) is 6.72. The fraction of sp³-hybridized carbons (Fsp3) is 0.333. The van der Waals surface area contributed by atoms with E-state index in [1.165, 1.54) is 17.3 Å². The van der Waals surface area contributed by atoms with E-state index in [0.29, 0.717) is 0 Å². The Labute approximate surface area is 129 Å². The summed E-state index contributed by atoms with van der Waals surface area (Å²) >= 11 is 1.53. The predicted molar refractivity (Wildman–Crippen MR) is 88.5 cm³/mol. The van der Waals surface area contributed by atoms with Crippen LogP contribution in [-0.4, -0.2) is 36.9 Å². The Morgan fingerprint density at radius 1 is 1.14 bits per heavy atom. The van der Waals surface area contributed by atoms with Crippen LogP contribution in [0.2, 0.25) is 0 Å². The van der Waals surface area contributed by atoms with Gasteiger partial charge < -0.3 is 15.4 Å². The number of hydrogen-bond donors (Lipinski definition) is 2. The van der Waals surface area contributed by atoms with Crippen LogP contribution in [0.15, 0.2) is 35.5 Å². The Balaban J connectivity index is 1.93. The molecule has 1 heterocycles. The molecule has 0 radical (unpaired) electrons. The van der Waals surface area contributed by atoms with Crippen LogP contribution >= 0.6 is 11.8 Å². The molecule has 0 aliphatic heterocycles. The second kappa shape index (κ2) is 7.73. The van der Waals surface area contributed by atoms with Gasteiger partial charge in [-0.2, -0.15) is 0 Å². The zero-order chi connectivity index (χ0) is 15.1. The van der Waals surface area contributed by atoms with Crippen LogP contribution < -0.4 is 15.4 Å². The Morgan fingerprint density at radius 2 is 1.86 bits per heavy atom. The van der Waals surface area contributed by atoms with Crippen molar-refractivity contribution in [2.75, 3.05) is 37.6 Å². The molecule has 0 amide bonds. The van der Waals surface area contributed by atoms with Crippen molar-refractivity contribution >= 4 is 23.4 Å². The minimum absolute atomic E-state index is 0.758. The minimum Gasteiger partial charge on any atom is -0.497 e. The van der Waals surface area contributed by atoms with Crippen LogP contribution in [0.5, 0.6) is 5.75 Å². The number of nitrogens with zero attached hydrogens (tertiary/aromatic N) is 2. The lowest BCUT2D eigenvalue weighted by molar-refractivity contribution is 0.414. The predicted octanol–water partition coefficient (Wildman–Crippen LogP) is 2.90. The molecule has 1 aromatic carbocycles. The van der Waals surface area contributed by atoms with Gasteiger partial charge in [0.1, 0.15) is 17.4 Å². The van der Waals surface area contributed by atoms with Gasteiger partial charge in [-0.3, -0.25) is 0 Å². The highest BCUT2D eigenvalue weighted by atomic mass is 32.2. The fourth-order valence-electron chi connectivity index (χ4n) is 1.86. The smallest absolute Gasteiger partial charge is 0.191 e. The molecule has 112 valence electrons. The van der Waals surface area contributed by atoms with E-state index in [2.05, 4.69) is 32.7 Å². The standard InChI is InChI=1S/C15H20N4OS/c1-16-13-10-14(19-15(18-13)21-3)17-9-8-11-4-6-12(20-2)7-5-11/h4-7,10H,8-9H2,1-3H3,(H2,16,17,18,19). The molecular weight excluding hydrogens is 284 g/mol. The molecule has 0 fully saturated rings. The summed E-state index contributed by atoms with van der Waals surface area (Å²) in [7, 11) is 3.53. The van der Waals surface area contributed by atoms with E-state index in [9.17, 15) is 0 Å². The number of benzene rings is 1. The first-order chi connectivity index (χ1) is 10.2. The van der Waals surface area contributed by atoms with Crippen LogP contribution in [0, 0.1) is 0 Å². The second-order valence-electron chi connectivity index (χ2n) is 4.40. The Morgan fingerprint density at radius 3 is 2.48 bits per heavy atom. The molecule has 0 aliphatic carbocycles. The van der Waals surface area contributed by atoms with E-state index in [1.54, 1.807) is 7.11 Å². The van der Waals surface area contributed by atoms with Crippen LogP contribution in [0.4, 0.5) is 11.6 Å². The lowest BCUT2D eigenvalue weighted by atomic mass is 10.1. The molecule has 2 N–H and O–H groups in total. The molecule has 0 unspecified atom stereocenters. The quantitative estimate of drug-likeness (QED) is 0.606. The molecule has 0 atom stereocenters. The summed E-state index contributed by atoms with van der Waals surface area (Å²) in [6, 6.07) is 10.0. The third-order valence-corrected chi connectivity index (χ3v) is 3.57. The highest BCUT2D eigenvalue weighted by Gasteiger charge is 2.03. The van der Waals surface area contributed by atoms with Crippen molar-refractivity contribution in [3.05, 3.63) is 35.9 Å². The number of rotatable bonds is 7. The summed E-state index contributed by atoms with van der Waals surface area (Å²) in [5.41, 5.74) is 1.26. The number of ether oxygens (including phenoxy) is 1. The van der Waals surface area contributed by atoms with Gasteiger partial charge in [-0.1, -0.05) is 23.9 Å². The van der Waals surface area contributed by atoms with Crippen molar-refractivity contribution in [3.8, 4) is 5.75 Å². The van der Waals surface area contributed by atoms with Crippen LogP contribution in [0.3, 0.4) is 0 Å². The van der Waals surface area contributed by atoms with Crippen LogP contribution in [-0.2, 0) is 6.42 Å². The van der Waals surface area contributed by atoms with Gasteiger partial charge in [0, 0.05) is 19.7 Å². The van der Waals surface area contributed by atoms with E-state index in [-0.39, 0.29) is 0 Å². The van der Waals surface area contributed by atoms with Gasteiger partial charge >= 0.3 is 0 Å². The molecule has 2 rings (SSSR count). The molecule has 2 aromatic rings. The lowest BCUT2D eigenvalue weighted by Crippen LogP contribution is -2.08. The van der Waals surface area contributed by atoms with Crippen molar-refractivity contribution in [1.29, 1.82) is 0 Å². The first kappa shape index (κ1) is 15.4. The molecule has 1 aromatic heterocycles. The number of thioether (sulfide) groups is 1. The highest BCUT2D eigenvalue weighted by Crippen LogP contribution is 2.17. The summed E-state index contributed by atoms with van der Waals surface area (Å²) in [5.74, 6) is 2.54. The average molecular weight is 304 g/mol. The van der Waals surface area contributed by atoms with Crippen molar-refractivity contribution in [1.82, 2.24) is 9.97 Å². The van der Waals surface area contributed by atoms with Gasteiger partial charge in [-0.25, -0.2) is 9.97 Å². The number of methoxy groups -OCH3 is 1. The summed E-state index contributed by atoms with van der Waals surface area (Å²) in [5, 5.41) is 7.14. The highest BCUT2D eigenvalue weighted by molar-refractivity contribution is 7.98. The molecule has 0 aliphatic rings. The maximum atomic E-state index is 5.15. The summed E-state index contributed by atoms with van der Waals surface area (Å²) in [4.78, 5) is 8.78. The second-order valence-corrected chi connectivity index (χ2v) is 5.17. The molecule has 5 nitrogen and oxygen atoms in total. The van der Waals surface area contributed by atoms with E-state index < -0.39 is 0 Å². The summed E-state index contributed by atoms with van der Waals surface area (Å²) < 4.78 is 5.15. The number of hydrogen-bond acceptors (Lipinski definition) is 6. The van der Waals surface area contributed by atoms with Crippen LogP contribution in [0.1, 0.15) is 5.56 Å². The largest absolute Gasteiger partial charge is 0.497 e. The Hall–Kier alpha value is -1.95. The van der Waals surface area contributed by atoms with Crippen molar-refractivity contribution in [3.63, 3.8) is 0 Å². The average Bonchev–Trinajstić information content (AvgIpc) is 2.55. The van der Waals surface area contributed by atoms with Gasteiger partial charge in [-0.05, 0) is 30.4 Å². The van der Waals surface area contributed by atoms with Crippen LogP contribution in [0.25, 0.3) is 0 Å². The fourth-order valence-corrected chi connectivity index (χ4v) is 2.24. The van der Waals surface area contributed by atoms with E-state index >= 15 is 0 Å². The Bertz CT molecular complexity index is 552. The van der Waals surface area contributed by atoms with E-state index in [4.69, 9.17) is 4.74 Å². The van der Waals surface area contributed by atoms with E-state index in [0.717, 1.165) is 35.5 Å². The zero-order valence-corrected chi connectivity index (χ0v) is 13.3. The molecule has 0 spiro atoms. The van der Waals surface area contributed by atoms with Gasteiger partial charge in [0.25, 0.3) is 0 Å². The van der Waals surface area contributed by atoms with Crippen molar-refractivity contribution < 1.29 is 4.74 Å². The summed E-state index contributed by atoms with van der Waals surface area (Å²) in [6.45, 7) is 0.820. The summed E-state index contributed by atoms with van der Waals surface area (Å²) in [6.07, 6.45) is 2.90. The number of anilines is 2. The SMILES string of the molecule is CNc1cc(NCCc2ccc(OC)cc2)nc(SC)n1. The molecule has 0 saturated carbocycles. The normalized spacial score (nSPS) is 10.2. The molecule has 0 saturated heterocycles. The molecular formula is C15H20N4OS. The van der Waals surface area contributed by atoms with Gasteiger partial charge in [0.05, 0.1) is 7.11 Å². The first-order valence-corrected chi connectivity index (χ1v) is 7.95. The number of aromatic nitrogens is 2. The topological polar surface area (TPSA) is 59.1 Å². The minimum atomic E-state index is 0.758. The maximum Gasteiger partial charge on any atom is 0.191 e. The van der Waals surface area contributed by atoms with Crippen molar-refractivity contribution in [2.24, 2.45) is 0 Å². The number of nitrogens with one attached hydrogen (secondary N) is 2. The van der Waals surface area contributed by atoms with Gasteiger partial charge in [0.15, 0.2) is 5.16 Å². The molecule has 0 bridgehead atoms. The van der Waals surface area contributed by atoms with Gasteiger partial charge in [0.2, 0.25) is 0 Å². The zero-order valence-electron chi connectivity index (χ0n) is 12.5. The van der Waals surface area contributed by atoms with Crippen molar-refractivity contribution in [2.45, 2.75) is 11.6 Å². The molecule has 6 heteroatoms. The van der Waals surface area contributed by atoms with E-state index in [1.807, 2.05) is 31.5 Å².